The van der Waals surface area contributed by atoms with E-state index in [0.29, 0.717) is 28.0 Å². The van der Waals surface area contributed by atoms with Crippen molar-refractivity contribution in [3.63, 3.8) is 0 Å². The first kappa shape index (κ1) is 14.6. The molecule has 0 saturated heterocycles. The molecule has 6 heteroatoms. The van der Waals surface area contributed by atoms with Crippen LogP contribution < -0.4 is 10.1 Å². The lowest BCUT2D eigenvalue weighted by molar-refractivity contribution is 0.0951. The molecule has 2 aromatic rings. The van der Waals surface area contributed by atoms with Gasteiger partial charge in [-0.25, -0.2) is 4.98 Å². The fraction of sp³-hybridized carbons (Fsp3) is 0.143. The highest BCUT2D eigenvalue weighted by atomic mass is 35.5. The molecule has 1 amide bonds. The number of rotatable bonds is 4. The molecular weight excluding hydrogens is 299 g/mol. The van der Waals surface area contributed by atoms with E-state index in [1.165, 1.54) is 6.07 Å². The van der Waals surface area contributed by atoms with E-state index in [9.17, 15) is 4.79 Å². The van der Waals surface area contributed by atoms with E-state index in [-0.39, 0.29) is 5.91 Å². The summed E-state index contributed by atoms with van der Waals surface area (Å²) in [6.07, 6.45) is 1.65. The standard InChI is InChI=1S/C14H12Cl2N2O2/c1-20-13-5-2-9(7-17-13)8-18-14(19)10-3-4-11(15)12(16)6-10/h2-7H,8H2,1H3,(H,18,19). The van der Waals surface area contributed by atoms with Crippen molar-refractivity contribution in [1.29, 1.82) is 0 Å². The van der Waals surface area contributed by atoms with E-state index < -0.39 is 0 Å². The second kappa shape index (κ2) is 6.59. The van der Waals surface area contributed by atoms with Gasteiger partial charge in [-0.3, -0.25) is 4.79 Å². The van der Waals surface area contributed by atoms with Gasteiger partial charge < -0.3 is 10.1 Å². The Labute approximate surface area is 126 Å². The summed E-state index contributed by atoms with van der Waals surface area (Å²) in [5.74, 6) is 0.309. The highest BCUT2D eigenvalue weighted by molar-refractivity contribution is 6.42. The number of methoxy groups -OCH3 is 1. The number of halogens is 2. The molecule has 104 valence electrons. The van der Waals surface area contributed by atoms with Gasteiger partial charge in [0.2, 0.25) is 5.88 Å². The number of benzene rings is 1. The van der Waals surface area contributed by atoms with Crippen molar-refractivity contribution in [2.24, 2.45) is 0 Å². The Balaban J connectivity index is 1.98. The summed E-state index contributed by atoms with van der Waals surface area (Å²) in [7, 11) is 1.55. The van der Waals surface area contributed by atoms with E-state index in [1.54, 1.807) is 31.5 Å². The summed E-state index contributed by atoms with van der Waals surface area (Å²) >= 11 is 11.7. The van der Waals surface area contributed by atoms with Crippen molar-refractivity contribution in [2.75, 3.05) is 7.11 Å². The third-order valence-electron chi connectivity index (χ3n) is 2.64. The van der Waals surface area contributed by atoms with Crippen LogP contribution in [0.5, 0.6) is 5.88 Å². The summed E-state index contributed by atoms with van der Waals surface area (Å²) in [4.78, 5) is 16.0. The Kier molecular flexibility index (Phi) is 4.82. The molecule has 1 N–H and O–H groups in total. The largest absolute Gasteiger partial charge is 0.481 e. The van der Waals surface area contributed by atoms with Crippen molar-refractivity contribution in [3.8, 4) is 5.88 Å². The molecule has 0 aliphatic heterocycles. The third-order valence-corrected chi connectivity index (χ3v) is 3.38. The van der Waals surface area contributed by atoms with E-state index in [0.717, 1.165) is 5.56 Å². The van der Waals surface area contributed by atoms with Crippen LogP contribution >= 0.6 is 23.2 Å². The number of hydrogen-bond acceptors (Lipinski definition) is 3. The molecule has 1 aromatic carbocycles. The first-order valence-electron chi connectivity index (χ1n) is 5.82. The Bertz CT molecular complexity index is 615. The quantitative estimate of drug-likeness (QED) is 0.942. The number of aromatic nitrogens is 1. The van der Waals surface area contributed by atoms with Crippen LogP contribution in [0, 0.1) is 0 Å². The molecule has 0 unspecified atom stereocenters. The number of nitrogens with one attached hydrogen (secondary N) is 1. The molecule has 0 aliphatic carbocycles. The second-order valence-corrected chi connectivity index (χ2v) is 4.83. The highest BCUT2D eigenvalue weighted by Gasteiger charge is 2.08. The predicted molar refractivity (Wildman–Crippen MR) is 78.4 cm³/mol. The van der Waals surface area contributed by atoms with Crippen molar-refractivity contribution in [3.05, 3.63) is 57.7 Å². The molecule has 0 spiro atoms. The van der Waals surface area contributed by atoms with Crippen molar-refractivity contribution in [1.82, 2.24) is 10.3 Å². The van der Waals surface area contributed by atoms with Crippen LogP contribution in [0.1, 0.15) is 15.9 Å². The molecule has 0 radical (unpaired) electrons. The summed E-state index contributed by atoms with van der Waals surface area (Å²) in [5.41, 5.74) is 1.33. The zero-order chi connectivity index (χ0) is 14.5. The van der Waals surface area contributed by atoms with Crippen LogP contribution in [0.3, 0.4) is 0 Å². The molecule has 0 fully saturated rings. The monoisotopic (exact) mass is 310 g/mol. The second-order valence-electron chi connectivity index (χ2n) is 4.02. The molecule has 4 nitrogen and oxygen atoms in total. The van der Waals surface area contributed by atoms with Gasteiger partial charge in [-0.15, -0.1) is 0 Å². The van der Waals surface area contributed by atoms with Crippen molar-refractivity contribution in [2.45, 2.75) is 6.54 Å². The van der Waals surface area contributed by atoms with E-state index in [4.69, 9.17) is 27.9 Å². The molecule has 0 atom stereocenters. The van der Waals surface area contributed by atoms with Gasteiger partial charge in [-0.1, -0.05) is 29.3 Å². The third kappa shape index (κ3) is 3.62. The Hall–Kier alpha value is -1.78. The minimum Gasteiger partial charge on any atom is -0.481 e. The van der Waals surface area contributed by atoms with Crippen LogP contribution in [-0.4, -0.2) is 18.0 Å². The number of carbonyl (C=O) groups is 1. The molecule has 0 bridgehead atoms. The molecule has 0 saturated carbocycles. The summed E-state index contributed by atoms with van der Waals surface area (Å²) in [6.45, 7) is 0.371. The predicted octanol–water partition coefficient (Wildman–Crippen LogP) is 3.33. The molecule has 1 aromatic heterocycles. The van der Waals surface area contributed by atoms with Gasteiger partial charge in [0, 0.05) is 24.4 Å². The van der Waals surface area contributed by atoms with Crippen LogP contribution in [0.2, 0.25) is 10.0 Å². The number of nitrogens with zero attached hydrogens (tertiary/aromatic N) is 1. The van der Waals surface area contributed by atoms with Crippen molar-refractivity contribution < 1.29 is 9.53 Å². The van der Waals surface area contributed by atoms with Crippen LogP contribution in [0.4, 0.5) is 0 Å². The number of carbonyl (C=O) groups excluding carboxylic acids is 1. The summed E-state index contributed by atoms with van der Waals surface area (Å²) in [6, 6.07) is 8.32. The summed E-state index contributed by atoms with van der Waals surface area (Å²) < 4.78 is 4.96. The first-order chi connectivity index (χ1) is 9.60. The molecule has 20 heavy (non-hydrogen) atoms. The minimum absolute atomic E-state index is 0.223. The fourth-order valence-corrected chi connectivity index (χ4v) is 1.86. The maximum atomic E-state index is 11.9. The van der Waals surface area contributed by atoms with Crippen LogP contribution in [0.25, 0.3) is 0 Å². The maximum absolute atomic E-state index is 11.9. The van der Waals surface area contributed by atoms with E-state index in [1.807, 2.05) is 6.07 Å². The normalized spacial score (nSPS) is 10.2. The lowest BCUT2D eigenvalue weighted by Crippen LogP contribution is -2.22. The fourth-order valence-electron chi connectivity index (χ4n) is 1.56. The van der Waals surface area contributed by atoms with Crippen LogP contribution in [-0.2, 0) is 6.54 Å². The number of amides is 1. The van der Waals surface area contributed by atoms with E-state index >= 15 is 0 Å². The molecular formula is C14H12Cl2N2O2. The van der Waals surface area contributed by atoms with Gasteiger partial charge in [-0.2, -0.15) is 0 Å². The average Bonchev–Trinajstić information content (AvgIpc) is 2.48. The Morgan fingerprint density at radius 3 is 2.65 bits per heavy atom. The topological polar surface area (TPSA) is 51.2 Å². The zero-order valence-electron chi connectivity index (χ0n) is 10.7. The summed E-state index contributed by atoms with van der Waals surface area (Å²) in [5, 5.41) is 3.55. The Morgan fingerprint density at radius 2 is 2.05 bits per heavy atom. The lowest BCUT2D eigenvalue weighted by Gasteiger charge is -2.06. The minimum atomic E-state index is -0.223. The van der Waals surface area contributed by atoms with Gasteiger partial charge in [0.15, 0.2) is 0 Å². The first-order valence-corrected chi connectivity index (χ1v) is 6.58. The van der Waals surface area contributed by atoms with E-state index in [2.05, 4.69) is 10.3 Å². The van der Waals surface area contributed by atoms with Crippen LogP contribution in [0.15, 0.2) is 36.5 Å². The average molecular weight is 311 g/mol. The molecule has 0 aliphatic rings. The number of ether oxygens (including phenoxy) is 1. The van der Waals surface area contributed by atoms with Crippen molar-refractivity contribution >= 4 is 29.1 Å². The maximum Gasteiger partial charge on any atom is 0.251 e. The lowest BCUT2D eigenvalue weighted by atomic mass is 10.2. The zero-order valence-corrected chi connectivity index (χ0v) is 12.2. The SMILES string of the molecule is COc1ccc(CNC(=O)c2ccc(Cl)c(Cl)c2)cn1. The number of pyridine rings is 1. The van der Waals surface area contributed by atoms with Gasteiger partial charge >= 0.3 is 0 Å². The smallest absolute Gasteiger partial charge is 0.251 e. The molecule has 2 rings (SSSR count). The number of hydrogen-bond donors (Lipinski definition) is 1. The van der Waals surface area contributed by atoms with Gasteiger partial charge in [0.05, 0.1) is 17.2 Å². The highest BCUT2D eigenvalue weighted by Crippen LogP contribution is 2.22. The van der Waals surface area contributed by atoms with Gasteiger partial charge in [0.25, 0.3) is 5.91 Å². The molecule has 1 heterocycles. The van der Waals surface area contributed by atoms with Gasteiger partial charge in [0.1, 0.15) is 0 Å². The van der Waals surface area contributed by atoms with Gasteiger partial charge in [-0.05, 0) is 23.8 Å². The Morgan fingerprint density at radius 1 is 1.25 bits per heavy atom.